The van der Waals surface area contributed by atoms with Gasteiger partial charge in [-0.15, -0.1) is 0 Å². The summed E-state index contributed by atoms with van der Waals surface area (Å²) in [5, 5.41) is 3.46. The first kappa shape index (κ1) is 16.0. The molecule has 0 amide bonds. The van der Waals surface area contributed by atoms with Crippen LogP contribution in [-0.4, -0.2) is 26.7 Å². The van der Waals surface area contributed by atoms with Gasteiger partial charge in [-0.25, -0.2) is 0 Å². The van der Waals surface area contributed by atoms with E-state index in [4.69, 9.17) is 10.5 Å². The summed E-state index contributed by atoms with van der Waals surface area (Å²) in [6.45, 7) is 7.26. The van der Waals surface area contributed by atoms with Crippen LogP contribution in [0.1, 0.15) is 43.7 Å². The van der Waals surface area contributed by atoms with E-state index in [-0.39, 0.29) is 0 Å². The summed E-state index contributed by atoms with van der Waals surface area (Å²) in [5.74, 6) is 1.55. The van der Waals surface area contributed by atoms with Crippen molar-refractivity contribution >= 4 is 0 Å². The van der Waals surface area contributed by atoms with Crippen molar-refractivity contribution in [1.82, 2.24) is 5.32 Å². The van der Waals surface area contributed by atoms with E-state index < -0.39 is 0 Å². The predicted octanol–water partition coefficient (Wildman–Crippen LogP) is 2.69. The van der Waals surface area contributed by atoms with Gasteiger partial charge in [0.05, 0.1) is 7.11 Å². The number of nitrogens with two attached hydrogens (primary N) is 1. The van der Waals surface area contributed by atoms with Crippen molar-refractivity contribution in [2.45, 2.75) is 39.0 Å². The molecule has 0 aliphatic carbocycles. The maximum Gasteiger partial charge on any atom is 0.122 e. The predicted molar refractivity (Wildman–Crippen MR) is 81.9 cm³/mol. The topological polar surface area (TPSA) is 47.3 Å². The van der Waals surface area contributed by atoms with Crippen molar-refractivity contribution in [3.05, 3.63) is 29.3 Å². The molecule has 3 N–H and O–H groups in total. The third-order valence-corrected chi connectivity index (χ3v) is 3.35. The number of ether oxygens (including phenoxy) is 1. The fourth-order valence-electron chi connectivity index (χ4n) is 2.10. The molecule has 19 heavy (non-hydrogen) atoms. The lowest BCUT2D eigenvalue weighted by atomic mass is 9.99. The second-order valence-corrected chi connectivity index (χ2v) is 5.22. The van der Waals surface area contributed by atoms with E-state index in [1.165, 1.54) is 11.1 Å². The van der Waals surface area contributed by atoms with Crippen LogP contribution in [0.2, 0.25) is 0 Å². The van der Waals surface area contributed by atoms with Crippen molar-refractivity contribution in [3.8, 4) is 5.75 Å². The molecule has 0 unspecified atom stereocenters. The number of nitrogens with one attached hydrogen (secondary N) is 1. The van der Waals surface area contributed by atoms with Crippen LogP contribution in [-0.2, 0) is 6.42 Å². The highest BCUT2D eigenvalue weighted by Gasteiger charge is 2.06. The largest absolute Gasteiger partial charge is 0.496 e. The second kappa shape index (κ2) is 8.94. The van der Waals surface area contributed by atoms with Crippen molar-refractivity contribution in [2.75, 3.05) is 26.7 Å². The quantitative estimate of drug-likeness (QED) is 0.674. The van der Waals surface area contributed by atoms with Crippen molar-refractivity contribution in [2.24, 2.45) is 5.73 Å². The molecule has 3 heteroatoms. The van der Waals surface area contributed by atoms with Gasteiger partial charge in [0, 0.05) is 0 Å². The van der Waals surface area contributed by atoms with Crippen molar-refractivity contribution in [1.29, 1.82) is 0 Å². The van der Waals surface area contributed by atoms with Gasteiger partial charge in [-0.05, 0) is 62.0 Å². The number of benzene rings is 1. The molecule has 0 saturated heterocycles. The third kappa shape index (κ3) is 5.62. The molecule has 0 aliphatic rings. The van der Waals surface area contributed by atoms with E-state index in [1.54, 1.807) is 7.11 Å². The summed E-state index contributed by atoms with van der Waals surface area (Å²) in [6.07, 6.45) is 3.26. The minimum Gasteiger partial charge on any atom is -0.496 e. The monoisotopic (exact) mass is 264 g/mol. The molecule has 0 aromatic heterocycles. The van der Waals surface area contributed by atoms with Crippen LogP contribution in [0.4, 0.5) is 0 Å². The van der Waals surface area contributed by atoms with Gasteiger partial charge in [0.1, 0.15) is 5.75 Å². The molecular formula is C16H28N2O. The van der Waals surface area contributed by atoms with E-state index in [0.717, 1.165) is 44.6 Å². The maximum atomic E-state index is 5.47. The summed E-state index contributed by atoms with van der Waals surface area (Å²) < 4.78 is 5.43. The average Bonchev–Trinajstić information content (AvgIpc) is 2.42. The van der Waals surface area contributed by atoms with Gasteiger partial charge in [0.15, 0.2) is 0 Å². The first-order chi connectivity index (χ1) is 9.19. The standard InChI is InChI=1S/C16H28N2O/c1-13(2)14-6-7-16(19-3)15(12-14)8-11-18-10-5-4-9-17/h6-7,12-13,18H,4-5,8-11,17H2,1-3H3. The Morgan fingerprint density at radius 3 is 2.63 bits per heavy atom. The van der Waals surface area contributed by atoms with Gasteiger partial charge in [0.25, 0.3) is 0 Å². The van der Waals surface area contributed by atoms with E-state index >= 15 is 0 Å². The van der Waals surface area contributed by atoms with Crippen LogP contribution in [0.5, 0.6) is 5.75 Å². The molecular weight excluding hydrogens is 236 g/mol. The summed E-state index contributed by atoms with van der Waals surface area (Å²) in [4.78, 5) is 0. The molecule has 0 spiro atoms. The molecule has 108 valence electrons. The van der Waals surface area contributed by atoms with E-state index in [1.807, 2.05) is 0 Å². The molecule has 0 aliphatic heterocycles. The Labute approximate surface area is 117 Å². The van der Waals surface area contributed by atoms with Crippen LogP contribution in [0.3, 0.4) is 0 Å². The summed E-state index contributed by atoms with van der Waals surface area (Å²) >= 11 is 0. The molecule has 3 nitrogen and oxygen atoms in total. The van der Waals surface area contributed by atoms with Crippen LogP contribution in [0.25, 0.3) is 0 Å². The Balaban J connectivity index is 2.48. The molecule has 1 aromatic rings. The fourth-order valence-corrected chi connectivity index (χ4v) is 2.10. The van der Waals surface area contributed by atoms with Crippen LogP contribution < -0.4 is 15.8 Å². The second-order valence-electron chi connectivity index (χ2n) is 5.22. The minimum atomic E-state index is 0.558. The zero-order chi connectivity index (χ0) is 14.1. The number of hydrogen-bond acceptors (Lipinski definition) is 3. The molecule has 0 saturated carbocycles. The average molecular weight is 264 g/mol. The van der Waals surface area contributed by atoms with Gasteiger partial charge < -0.3 is 15.8 Å². The Kier molecular flexibility index (Phi) is 7.53. The normalized spacial score (nSPS) is 11.0. The summed E-state index contributed by atoms with van der Waals surface area (Å²) in [5.41, 5.74) is 8.14. The number of unbranched alkanes of at least 4 members (excludes halogenated alkanes) is 1. The number of rotatable bonds is 9. The molecule has 0 atom stereocenters. The minimum absolute atomic E-state index is 0.558. The van der Waals surface area contributed by atoms with Crippen molar-refractivity contribution < 1.29 is 4.74 Å². The fraction of sp³-hybridized carbons (Fsp3) is 0.625. The molecule has 0 fully saturated rings. The number of methoxy groups -OCH3 is 1. The van der Waals surface area contributed by atoms with Gasteiger partial charge in [-0.2, -0.15) is 0 Å². The van der Waals surface area contributed by atoms with Crippen molar-refractivity contribution in [3.63, 3.8) is 0 Å². The van der Waals surface area contributed by atoms with Crippen LogP contribution in [0.15, 0.2) is 18.2 Å². The Hall–Kier alpha value is -1.06. The number of hydrogen-bond donors (Lipinski definition) is 2. The van der Waals surface area contributed by atoms with Gasteiger partial charge in [-0.3, -0.25) is 0 Å². The molecule has 1 rings (SSSR count). The Bertz CT molecular complexity index is 364. The Morgan fingerprint density at radius 1 is 1.21 bits per heavy atom. The first-order valence-corrected chi connectivity index (χ1v) is 7.26. The highest BCUT2D eigenvalue weighted by molar-refractivity contribution is 5.38. The van der Waals surface area contributed by atoms with Crippen LogP contribution >= 0.6 is 0 Å². The van der Waals surface area contributed by atoms with E-state index in [9.17, 15) is 0 Å². The lowest BCUT2D eigenvalue weighted by Crippen LogP contribution is -2.19. The van der Waals surface area contributed by atoms with Crippen LogP contribution in [0, 0.1) is 0 Å². The maximum absolute atomic E-state index is 5.47. The lowest BCUT2D eigenvalue weighted by Gasteiger charge is -2.13. The molecule has 1 aromatic carbocycles. The van der Waals surface area contributed by atoms with E-state index in [0.29, 0.717) is 5.92 Å². The zero-order valence-electron chi connectivity index (χ0n) is 12.5. The van der Waals surface area contributed by atoms with Gasteiger partial charge in [-0.1, -0.05) is 26.0 Å². The SMILES string of the molecule is COc1ccc(C(C)C)cc1CCNCCCCN. The van der Waals surface area contributed by atoms with E-state index in [2.05, 4.69) is 37.4 Å². The van der Waals surface area contributed by atoms with Gasteiger partial charge in [0.2, 0.25) is 0 Å². The first-order valence-electron chi connectivity index (χ1n) is 7.26. The third-order valence-electron chi connectivity index (χ3n) is 3.35. The lowest BCUT2D eigenvalue weighted by molar-refractivity contribution is 0.408. The molecule has 0 bridgehead atoms. The zero-order valence-corrected chi connectivity index (χ0v) is 12.5. The summed E-state index contributed by atoms with van der Waals surface area (Å²) in [7, 11) is 1.74. The smallest absolute Gasteiger partial charge is 0.122 e. The molecule has 0 heterocycles. The Morgan fingerprint density at radius 2 is 2.00 bits per heavy atom. The molecule has 0 radical (unpaired) electrons. The highest BCUT2D eigenvalue weighted by atomic mass is 16.5. The summed E-state index contributed by atoms with van der Waals surface area (Å²) in [6, 6.07) is 6.51. The highest BCUT2D eigenvalue weighted by Crippen LogP contribution is 2.24. The van der Waals surface area contributed by atoms with Gasteiger partial charge >= 0.3 is 0 Å².